The molecular weight excluding hydrogens is 457 g/mol. The van der Waals surface area contributed by atoms with Crippen LogP contribution in [0.4, 0.5) is 5.69 Å². The lowest BCUT2D eigenvalue weighted by molar-refractivity contribution is 0.185. The van der Waals surface area contributed by atoms with Crippen molar-refractivity contribution in [3.8, 4) is 11.5 Å². The number of nitrogens with zero attached hydrogens (tertiary/aromatic N) is 1. The number of hydrogen-bond acceptors (Lipinski definition) is 4. The van der Waals surface area contributed by atoms with E-state index in [0.717, 1.165) is 16.8 Å². The van der Waals surface area contributed by atoms with Crippen molar-refractivity contribution in [1.29, 1.82) is 0 Å². The Morgan fingerprint density at radius 1 is 1.00 bits per heavy atom. The molecule has 0 saturated heterocycles. The molecule has 6 nitrogen and oxygen atoms in total. The number of guanidine groups is 1. The highest BCUT2D eigenvalue weighted by atomic mass is 127. The molecule has 0 amide bonds. The summed E-state index contributed by atoms with van der Waals surface area (Å²) in [7, 11) is 5.06. The summed E-state index contributed by atoms with van der Waals surface area (Å²) in [6, 6.07) is 14.0. The average molecular weight is 485 g/mol. The molecule has 0 saturated carbocycles. The number of benzene rings is 2. The molecule has 0 fully saturated rings. The van der Waals surface area contributed by atoms with Gasteiger partial charge in [0.2, 0.25) is 0 Å². The Morgan fingerprint density at radius 2 is 1.70 bits per heavy atom. The maximum Gasteiger partial charge on any atom is 0.195 e. The third-order valence-corrected chi connectivity index (χ3v) is 3.74. The van der Waals surface area contributed by atoms with Crippen LogP contribution in [0.1, 0.15) is 18.1 Å². The number of halogens is 1. The van der Waals surface area contributed by atoms with Gasteiger partial charge in [-0.1, -0.05) is 24.3 Å². The molecule has 0 aromatic heterocycles. The van der Waals surface area contributed by atoms with Gasteiger partial charge in [0.25, 0.3) is 0 Å². The smallest absolute Gasteiger partial charge is 0.195 e. The van der Waals surface area contributed by atoms with Crippen LogP contribution in [0, 0.1) is 0 Å². The summed E-state index contributed by atoms with van der Waals surface area (Å²) in [5.41, 5.74) is 3.19. The Kier molecular flexibility index (Phi) is 10.6. The Hall–Kier alpha value is -2.00. The van der Waals surface area contributed by atoms with Crippen LogP contribution in [0.25, 0.3) is 0 Å². The second-order valence-electron chi connectivity index (χ2n) is 5.60. The van der Waals surface area contributed by atoms with Crippen LogP contribution in [0.3, 0.4) is 0 Å². The lowest BCUT2D eigenvalue weighted by Gasteiger charge is -2.15. The summed E-state index contributed by atoms with van der Waals surface area (Å²) >= 11 is 0. The van der Waals surface area contributed by atoms with Gasteiger partial charge in [0, 0.05) is 32.5 Å². The summed E-state index contributed by atoms with van der Waals surface area (Å²) in [5.74, 6) is 2.08. The minimum absolute atomic E-state index is 0. The molecule has 0 spiro atoms. The minimum Gasteiger partial charge on any atom is -0.493 e. The second-order valence-corrected chi connectivity index (χ2v) is 5.60. The zero-order valence-electron chi connectivity index (χ0n) is 16.2. The first-order valence-corrected chi connectivity index (χ1v) is 8.55. The van der Waals surface area contributed by atoms with Crippen LogP contribution in [0.2, 0.25) is 0 Å². The lowest BCUT2D eigenvalue weighted by atomic mass is 10.1. The van der Waals surface area contributed by atoms with Gasteiger partial charge in [-0.15, -0.1) is 24.0 Å². The van der Waals surface area contributed by atoms with E-state index >= 15 is 0 Å². The number of anilines is 1. The third-order valence-electron chi connectivity index (χ3n) is 3.74. The van der Waals surface area contributed by atoms with E-state index in [1.807, 2.05) is 25.1 Å². The monoisotopic (exact) mass is 485 g/mol. The van der Waals surface area contributed by atoms with Gasteiger partial charge in [0.1, 0.15) is 0 Å². The van der Waals surface area contributed by atoms with E-state index in [-0.39, 0.29) is 24.0 Å². The Bertz CT molecular complexity index is 721. The van der Waals surface area contributed by atoms with Crippen molar-refractivity contribution >= 4 is 35.6 Å². The average Bonchev–Trinajstić information content (AvgIpc) is 2.67. The van der Waals surface area contributed by atoms with Crippen LogP contribution < -0.4 is 20.1 Å². The van der Waals surface area contributed by atoms with Gasteiger partial charge >= 0.3 is 0 Å². The fourth-order valence-electron chi connectivity index (χ4n) is 2.44. The van der Waals surface area contributed by atoms with Crippen molar-refractivity contribution < 1.29 is 14.2 Å². The van der Waals surface area contributed by atoms with Crippen LogP contribution >= 0.6 is 24.0 Å². The minimum atomic E-state index is 0. The first kappa shape index (κ1) is 23.0. The first-order valence-electron chi connectivity index (χ1n) is 8.55. The molecule has 0 radical (unpaired) electrons. The van der Waals surface area contributed by atoms with Crippen molar-refractivity contribution in [2.75, 3.05) is 33.2 Å². The van der Waals surface area contributed by atoms with Crippen LogP contribution in [0.15, 0.2) is 47.5 Å². The number of ether oxygens (including phenoxy) is 3. The molecular formula is C20H28IN3O3. The first-order chi connectivity index (χ1) is 12.7. The largest absolute Gasteiger partial charge is 0.493 e. The van der Waals surface area contributed by atoms with Crippen molar-refractivity contribution in [1.82, 2.24) is 5.32 Å². The molecule has 2 aromatic rings. The summed E-state index contributed by atoms with van der Waals surface area (Å²) in [6.45, 7) is 3.81. The van der Waals surface area contributed by atoms with Gasteiger partial charge < -0.3 is 24.8 Å². The Morgan fingerprint density at radius 3 is 2.30 bits per heavy atom. The van der Waals surface area contributed by atoms with Crippen LogP contribution in [-0.2, 0) is 17.9 Å². The Balaban J connectivity index is 0.00000364. The van der Waals surface area contributed by atoms with E-state index in [0.29, 0.717) is 37.2 Å². The summed E-state index contributed by atoms with van der Waals surface area (Å²) in [4.78, 5) is 4.27. The zero-order chi connectivity index (χ0) is 18.8. The standard InChI is InChI=1S/C20H27N3O3.HI/c1-5-26-19-12-17(10-11-18(19)25-4)23-20(21-2)22-13-15-6-8-16(9-7-15)14-24-3;/h6-12H,5,13-14H2,1-4H3,(H2,21,22,23);1H. The lowest BCUT2D eigenvalue weighted by Crippen LogP contribution is -2.30. The molecule has 0 aliphatic carbocycles. The van der Waals surface area contributed by atoms with Crippen LogP contribution in [-0.4, -0.2) is 33.8 Å². The number of hydrogen-bond donors (Lipinski definition) is 2. The highest BCUT2D eigenvalue weighted by Crippen LogP contribution is 2.30. The van der Waals surface area contributed by atoms with Gasteiger partial charge in [0.15, 0.2) is 17.5 Å². The predicted molar refractivity (Wildman–Crippen MR) is 121 cm³/mol. The third kappa shape index (κ3) is 7.26. The zero-order valence-corrected chi connectivity index (χ0v) is 18.6. The molecule has 0 heterocycles. The maximum atomic E-state index is 5.61. The van der Waals surface area contributed by atoms with Gasteiger partial charge in [0.05, 0.1) is 20.3 Å². The molecule has 0 bridgehead atoms. The molecule has 0 atom stereocenters. The molecule has 2 aromatic carbocycles. The fraction of sp³-hybridized carbons (Fsp3) is 0.350. The van der Waals surface area contributed by atoms with Crippen molar-refractivity contribution in [3.05, 3.63) is 53.6 Å². The van der Waals surface area contributed by atoms with Gasteiger partial charge in [-0.25, -0.2) is 0 Å². The molecule has 0 aliphatic rings. The quantitative estimate of drug-likeness (QED) is 0.336. The van der Waals surface area contributed by atoms with Crippen molar-refractivity contribution in [2.24, 2.45) is 4.99 Å². The van der Waals surface area contributed by atoms with E-state index in [9.17, 15) is 0 Å². The van der Waals surface area contributed by atoms with E-state index in [1.165, 1.54) is 0 Å². The maximum absolute atomic E-state index is 5.61. The normalized spacial score (nSPS) is 10.7. The van der Waals surface area contributed by atoms with Gasteiger partial charge in [-0.3, -0.25) is 4.99 Å². The SMILES string of the molecule is CCOc1cc(NC(=NC)NCc2ccc(COC)cc2)ccc1OC.I. The summed E-state index contributed by atoms with van der Waals surface area (Å²) < 4.78 is 16.0. The molecule has 0 unspecified atom stereocenters. The molecule has 148 valence electrons. The molecule has 2 N–H and O–H groups in total. The molecule has 0 aliphatic heterocycles. The van der Waals surface area contributed by atoms with Gasteiger partial charge in [-0.05, 0) is 30.2 Å². The van der Waals surface area contributed by atoms with Crippen LogP contribution in [0.5, 0.6) is 11.5 Å². The predicted octanol–water partition coefficient (Wildman–Crippen LogP) is 4.05. The highest BCUT2D eigenvalue weighted by Gasteiger charge is 2.07. The Labute approximate surface area is 178 Å². The van der Waals surface area contributed by atoms with Gasteiger partial charge in [-0.2, -0.15) is 0 Å². The molecule has 7 heteroatoms. The topological polar surface area (TPSA) is 64.1 Å². The van der Waals surface area contributed by atoms with Crippen molar-refractivity contribution in [2.45, 2.75) is 20.1 Å². The number of methoxy groups -OCH3 is 2. The van der Waals surface area contributed by atoms with E-state index < -0.39 is 0 Å². The molecule has 27 heavy (non-hydrogen) atoms. The van der Waals surface area contributed by atoms with E-state index in [1.54, 1.807) is 21.3 Å². The van der Waals surface area contributed by atoms with E-state index in [4.69, 9.17) is 14.2 Å². The van der Waals surface area contributed by atoms with Crippen molar-refractivity contribution in [3.63, 3.8) is 0 Å². The number of aliphatic imine (C=N–C) groups is 1. The highest BCUT2D eigenvalue weighted by molar-refractivity contribution is 14.0. The summed E-state index contributed by atoms with van der Waals surface area (Å²) in [5, 5.41) is 6.57. The second kappa shape index (κ2) is 12.4. The number of rotatable bonds is 8. The molecule has 2 rings (SSSR count). The fourth-order valence-corrected chi connectivity index (χ4v) is 2.44. The summed E-state index contributed by atoms with van der Waals surface area (Å²) in [6.07, 6.45) is 0. The van der Waals surface area contributed by atoms with E-state index in [2.05, 4.69) is 39.9 Å². The number of nitrogens with one attached hydrogen (secondary N) is 2.